The number of hydrogen-bond acceptors (Lipinski definition) is 8. The summed E-state index contributed by atoms with van der Waals surface area (Å²) < 4.78 is 38.0. The number of amides is 1. The van der Waals surface area contributed by atoms with Crippen LogP contribution in [0.2, 0.25) is 0 Å². The molecule has 2 aliphatic rings. The Hall–Kier alpha value is -2.99. The maximum Gasteiger partial charge on any atom is 0.293 e. The van der Waals surface area contributed by atoms with E-state index in [-0.39, 0.29) is 35.1 Å². The van der Waals surface area contributed by atoms with Gasteiger partial charge >= 0.3 is 0 Å². The van der Waals surface area contributed by atoms with E-state index in [1.165, 1.54) is 23.5 Å². The van der Waals surface area contributed by atoms with Gasteiger partial charge in [-0.2, -0.15) is 4.31 Å². The van der Waals surface area contributed by atoms with Gasteiger partial charge in [0, 0.05) is 26.2 Å². The molecule has 3 heterocycles. The molecule has 2 fully saturated rings. The lowest BCUT2D eigenvalue weighted by Crippen LogP contribution is -2.45. The Morgan fingerprint density at radius 1 is 1.21 bits per heavy atom. The van der Waals surface area contributed by atoms with Crippen LogP contribution in [0.5, 0.6) is 5.75 Å². The molecular formula is C21H26N4O7S. The van der Waals surface area contributed by atoms with Gasteiger partial charge in [-0.25, -0.2) is 8.42 Å². The van der Waals surface area contributed by atoms with Crippen LogP contribution in [0, 0.1) is 29.4 Å². The van der Waals surface area contributed by atoms with Gasteiger partial charge in [-0.15, -0.1) is 0 Å². The largest absolute Gasteiger partial charge is 0.497 e. The predicted molar refractivity (Wildman–Crippen MR) is 117 cm³/mol. The fourth-order valence-corrected chi connectivity index (χ4v) is 6.45. The second-order valence-corrected chi connectivity index (χ2v) is 10.6. The summed E-state index contributed by atoms with van der Waals surface area (Å²) >= 11 is 0. The van der Waals surface area contributed by atoms with Crippen molar-refractivity contribution in [2.75, 3.05) is 33.3 Å². The summed E-state index contributed by atoms with van der Waals surface area (Å²) in [6.45, 7) is 4.98. The normalized spacial score (nSPS) is 18.6. The van der Waals surface area contributed by atoms with E-state index in [4.69, 9.17) is 9.26 Å². The Labute approximate surface area is 191 Å². The third-order valence-corrected chi connectivity index (χ3v) is 8.64. The summed E-state index contributed by atoms with van der Waals surface area (Å²) in [5.74, 6) is 0.573. The van der Waals surface area contributed by atoms with Crippen molar-refractivity contribution in [1.29, 1.82) is 0 Å². The third-order valence-electron chi connectivity index (χ3n) is 6.74. The molecule has 1 spiro atoms. The predicted octanol–water partition coefficient (Wildman–Crippen LogP) is 2.53. The van der Waals surface area contributed by atoms with Crippen LogP contribution in [0.25, 0.3) is 0 Å². The molecule has 0 N–H and O–H groups in total. The molecule has 12 heteroatoms. The molecule has 0 bridgehead atoms. The highest BCUT2D eigenvalue weighted by Gasteiger charge is 2.46. The van der Waals surface area contributed by atoms with Gasteiger partial charge in [0.15, 0.2) is 4.90 Å². The molecule has 1 amide bonds. The average Bonchev–Trinajstić information content (AvgIpc) is 3.36. The monoisotopic (exact) mass is 478 g/mol. The number of hydrogen-bond donors (Lipinski definition) is 0. The summed E-state index contributed by atoms with van der Waals surface area (Å²) in [7, 11) is -2.69. The van der Waals surface area contributed by atoms with Crippen molar-refractivity contribution in [3.63, 3.8) is 0 Å². The minimum Gasteiger partial charge on any atom is -0.497 e. The Morgan fingerprint density at radius 3 is 2.45 bits per heavy atom. The Bertz CT molecular complexity index is 1180. The maximum absolute atomic E-state index is 13.3. The Kier molecular flexibility index (Phi) is 5.91. The van der Waals surface area contributed by atoms with Crippen LogP contribution < -0.4 is 4.74 Å². The first-order chi connectivity index (χ1) is 15.6. The van der Waals surface area contributed by atoms with Crippen LogP contribution in [0.3, 0.4) is 0 Å². The van der Waals surface area contributed by atoms with Crippen molar-refractivity contribution < 1.29 is 27.4 Å². The highest BCUT2D eigenvalue weighted by atomic mass is 32.2. The number of piperidine rings is 1. The zero-order valence-electron chi connectivity index (χ0n) is 18.7. The highest BCUT2D eigenvalue weighted by Crippen LogP contribution is 2.43. The smallest absolute Gasteiger partial charge is 0.293 e. The topological polar surface area (TPSA) is 136 Å². The van der Waals surface area contributed by atoms with E-state index >= 15 is 0 Å². The standard InChI is InChI=1S/C21H26N4O7S/c1-14-19(15(2)32-22-14)20(26)23-9-6-21(7-10-23)8-11-24(13-21)33(29,30)18-5-4-16(31-3)12-17(18)25(27)28/h4-5,12H,6-11,13H2,1-3H3. The van der Waals surface area contributed by atoms with Gasteiger partial charge in [-0.1, -0.05) is 5.16 Å². The maximum atomic E-state index is 13.3. The van der Waals surface area contributed by atoms with Crippen molar-refractivity contribution in [2.45, 2.75) is 38.0 Å². The number of carbonyl (C=O) groups excluding carboxylic acids is 1. The zero-order valence-corrected chi connectivity index (χ0v) is 19.6. The number of aromatic nitrogens is 1. The molecule has 0 radical (unpaired) electrons. The van der Waals surface area contributed by atoms with E-state index in [2.05, 4.69) is 5.16 Å². The summed E-state index contributed by atoms with van der Waals surface area (Å²) in [5.41, 5.74) is 0.268. The molecule has 178 valence electrons. The lowest BCUT2D eigenvalue weighted by atomic mass is 9.78. The number of benzene rings is 1. The lowest BCUT2D eigenvalue weighted by molar-refractivity contribution is -0.387. The molecule has 4 rings (SSSR count). The van der Waals surface area contributed by atoms with E-state index in [9.17, 15) is 23.3 Å². The molecule has 2 aromatic rings. The number of nitrogens with zero attached hydrogens (tertiary/aromatic N) is 4. The molecule has 2 aliphatic heterocycles. The number of carbonyl (C=O) groups is 1. The number of aryl methyl sites for hydroxylation is 2. The van der Waals surface area contributed by atoms with Crippen molar-refractivity contribution in [3.8, 4) is 5.75 Å². The summed E-state index contributed by atoms with van der Waals surface area (Å²) in [6, 6.07) is 3.75. The van der Waals surface area contributed by atoms with Gasteiger partial charge in [0.1, 0.15) is 17.1 Å². The zero-order chi connectivity index (χ0) is 24.0. The molecule has 0 aliphatic carbocycles. The first kappa shape index (κ1) is 23.2. The minimum absolute atomic E-state index is 0.127. The number of likely N-dealkylation sites (tertiary alicyclic amines) is 1. The third kappa shape index (κ3) is 4.08. The minimum atomic E-state index is -4.06. The number of nitro groups is 1. The molecular weight excluding hydrogens is 452 g/mol. The van der Waals surface area contributed by atoms with E-state index in [0.29, 0.717) is 49.4 Å². The SMILES string of the molecule is COc1ccc(S(=O)(=O)N2CCC3(CCN(C(=O)c4c(C)noc4C)CC3)C2)c([N+](=O)[O-])c1. The number of methoxy groups -OCH3 is 1. The first-order valence-electron chi connectivity index (χ1n) is 10.6. The van der Waals surface area contributed by atoms with Crippen LogP contribution >= 0.6 is 0 Å². The lowest BCUT2D eigenvalue weighted by Gasteiger charge is -2.39. The molecule has 0 saturated carbocycles. The number of ether oxygens (including phenoxy) is 1. The average molecular weight is 479 g/mol. The molecule has 2 saturated heterocycles. The molecule has 0 atom stereocenters. The fraction of sp³-hybridized carbons (Fsp3) is 0.524. The highest BCUT2D eigenvalue weighted by molar-refractivity contribution is 7.89. The van der Waals surface area contributed by atoms with Crippen LogP contribution in [0.4, 0.5) is 5.69 Å². The molecule has 33 heavy (non-hydrogen) atoms. The van der Waals surface area contributed by atoms with Gasteiger partial charge in [-0.05, 0) is 50.7 Å². The second-order valence-electron chi connectivity index (χ2n) is 8.67. The fourth-order valence-electron chi connectivity index (χ4n) is 4.76. The summed E-state index contributed by atoms with van der Waals surface area (Å²) in [5, 5.41) is 15.4. The van der Waals surface area contributed by atoms with Gasteiger partial charge in [-0.3, -0.25) is 14.9 Å². The van der Waals surface area contributed by atoms with Crippen LogP contribution in [0.1, 0.15) is 41.1 Å². The number of nitro benzene ring substituents is 1. The Balaban J connectivity index is 1.49. The van der Waals surface area contributed by atoms with Gasteiger partial charge in [0.25, 0.3) is 11.6 Å². The van der Waals surface area contributed by atoms with Crippen molar-refractivity contribution >= 4 is 21.6 Å². The molecule has 0 unspecified atom stereocenters. The summed E-state index contributed by atoms with van der Waals surface area (Å²) in [4.78, 5) is 25.1. The Morgan fingerprint density at radius 2 is 1.88 bits per heavy atom. The number of rotatable bonds is 5. The van der Waals surface area contributed by atoms with Crippen molar-refractivity contribution in [3.05, 3.63) is 45.3 Å². The van der Waals surface area contributed by atoms with E-state index in [1.807, 2.05) is 0 Å². The van der Waals surface area contributed by atoms with Crippen molar-refractivity contribution in [1.82, 2.24) is 14.4 Å². The molecule has 1 aromatic heterocycles. The van der Waals surface area contributed by atoms with Gasteiger partial charge in [0.2, 0.25) is 10.0 Å². The molecule has 1 aromatic carbocycles. The quantitative estimate of drug-likeness (QED) is 0.472. The summed E-state index contributed by atoms with van der Waals surface area (Å²) in [6.07, 6.45) is 1.95. The van der Waals surface area contributed by atoms with E-state index < -0.39 is 20.6 Å². The van der Waals surface area contributed by atoms with Gasteiger partial charge < -0.3 is 14.2 Å². The van der Waals surface area contributed by atoms with Gasteiger partial charge in [0.05, 0.1) is 23.8 Å². The van der Waals surface area contributed by atoms with E-state index in [0.717, 1.165) is 6.07 Å². The van der Waals surface area contributed by atoms with Crippen LogP contribution in [0.15, 0.2) is 27.6 Å². The van der Waals surface area contributed by atoms with Crippen LogP contribution in [-0.4, -0.2) is 66.9 Å². The van der Waals surface area contributed by atoms with E-state index in [1.54, 1.807) is 18.7 Å². The van der Waals surface area contributed by atoms with Crippen molar-refractivity contribution in [2.24, 2.45) is 5.41 Å². The number of sulfonamides is 1. The van der Waals surface area contributed by atoms with Crippen LogP contribution in [-0.2, 0) is 10.0 Å². The second kappa shape index (κ2) is 8.41. The first-order valence-corrected chi connectivity index (χ1v) is 12.1. The molecule has 11 nitrogen and oxygen atoms in total.